The minimum atomic E-state index is -0.342. The van der Waals surface area contributed by atoms with Crippen molar-refractivity contribution in [2.45, 2.75) is 33.6 Å². The smallest absolute Gasteiger partial charge is 0.146 e. The molecule has 1 aliphatic rings. The molecule has 1 saturated carbocycles. The number of carbonyl (C=O) groups excluding carboxylic acids is 2. The van der Waals surface area contributed by atoms with E-state index in [0.717, 1.165) is 6.42 Å². The van der Waals surface area contributed by atoms with Gasteiger partial charge in [0.1, 0.15) is 11.6 Å². The molecule has 0 aromatic rings. The SMILES string of the molecule is CC1C(=O)CCC(C(C)C)C1=O. The summed E-state index contributed by atoms with van der Waals surface area (Å²) in [5, 5.41) is 0. The quantitative estimate of drug-likeness (QED) is 0.560. The molecule has 0 aromatic heterocycles. The van der Waals surface area contributed by atoms with Crippen LogP contribution in [-0.2, 0) is 9.59 Å². The summed E-state index contributed by atoms with van der Waals surface area (Å²) in [5.41, 5.74) is 0. The Morgan fingerprint density at radius 1 is 1.33 bits per heavy atom. The predicted octanol–water partition coefficient (Wildman–Crippen LogP) is 1.83. The van der Waals surface area contributed by atoms with Crippen LogP contribution in [-0.4, -0.2) is 11.6 Å². The Morgan fingerprint density at radius 2 is 1.92 bits per heavy atom. The summed E-state index contributed by atoms with van der Waals surface area (Å²) in [5.74, 6) is 0.440. The Bertz CT molecular complexity index is 206. The largest absolute Gasteiger partial charge is 0.299 e. The lowest BCUT2D eigenvalue weighted by atomic mass is 9.75. The minimum absolute atomic E-state index is 0.122. The van der Waals surface area contributed by atoms with Gasteiger partial charge in [-0.2, -0.15) is 0 Å². The summed E-state index contributed by atoms with van der Waals surface area (Å²) < 4.78 is 0. The van der Waals surface area contributed by atoms with Gasteiger partial charge in [-0.15, -0.1) is 0 Å². The van der Waals surface area contributed by atoms with Gasteiger partial charge < -0.3 is 0 Å². The van der Waals surface area contributed by atoms with E-state index in [1.165, 1.54) is 0 Å². The number of rotatable bonds is 1. The number of hydrogen-bond donors (Lipinski definition) is 0. The van der Waals surface area contributed by atoms with Gasteiger partial charge in [0.25, 0.3) is 0 Å². The van der Waals surface area contributed by atoms with Crippen LogP contribution >= 0.6 is 0 Å². The standard InChI is InChI=1S/C10H16O2/c1-6(2)8-4-5-9(11)7(3)10(8)12/h6-8H,4-5H2,1-3H3. The van der Waals surface area contributed by atoms with Crippen molar-refractivity contribution in [2.75, 3.05) is 0 Å². The van der Waals surface area contributed by atoms with Gasteiger partial charge in [0, 0.05) is 12.3 Å². The van der Waals surface area contributed by atoms with Crippen LogP contribution in [0.4, 0.5) is 0 Å². The maximum atomic E-state index is 11.6. The molecule has 68 valence electrons. The molecule has 0 heterocycles. The number of hydrogen-bond acceptors (Lipinski definition) is 2. The van der Waals surface area contributed by atoms with E-state index in [-0.39, 0.29) is 23.4 Å². The summed E-state index contributed by atoms with van der Waals surface area (Å²) in [7, 11) is 0. The van der Waals surface area contributed by atoms with Gasteiger partial charge >= 0.3 is 0 Å². The van der Waals surface area contributed by atoms with E-state index in [1.54, 1.807) is 6.92 Å². The fraction of sp³-hybridized carbons (Fsp3) is 0.800. The fourth-order valence-corrected chi connectivity index (χ4v) is 1.80. The van der Waals surface area contributed by atoms with E-state index >= 15 is 0 Å². The van der Waals surface area contributed by atoms with Crippen molar-refractivity contribution in [3.63, 3.8) is 0 Å². The fourth-order valence-electron chi connectivity index (χ4n) is 1.80. The molecular weight excluding hydrogens is 152 g/mol. The number of ketones is 2. The molecule has 0 radical (unpaired) electrons. The van der Waals surface area contributed by atoms with E-state index in [4.69, 9.17) is 0 Å². The van der Waals surface area contributed by atoms with Crippen LogP contribution in [0.15, 0.2) is 0 Å². The zero-order valence-corrected chi connectivity index (χ0v) is 7.96. The van der Waals surface area contributed by atoms with Crippen LogP contribution in [0.2, 0.25) is 0 Å². The molecule has 0 aliphatic heterocycles. The molecular formula is C10H16O2. The van der Waals surface area contributed by atoms with Gasteiger partial charge in [0.15, 0.2) is 0 Å². The summed E-state index contributed by atoms with van der Waals surface area (Å²) in [6.07, 6.45) is 1.36. The molecule has 2 heteroatoms. The maximum Gasteiger partial charge on any atom is 0.146 e. The first-order valence-corrected chi connectivity index (χ1v) is 4.60. The van der Waals surface area contributed by atoms with Crippen molar-refractivity contribution in [1.82, 2.24) is 0 Å². The molecule has 12 heavy (non-hydrogen) atoms. The second kappa shape index (κ2) is 3.38. The van der Waals surface area contributed by atoms with E-state index < -0.39 is 0 Å². The third-order valence-electron chi connectivity index (χ3n) is 2.78. The second-order valence-electron chi connectivity index (χ2n) is 3.98. The third kappa shape index (κ3) is 1.57. The lowest BCUT2D eigenvalue weighted by Gasteiger charge is -2.27. The molecule has 2 atom stereocenters. The molecule has 1 fully saturated rings. The first-order valence-electron chi connectivity index (χ1n) is 4.60. The molecule has 0 bridgehead atoms. The predicted molar refractivity (Wildman–Crippen MR) is 46.7 cm³/mol. The van der Waals surface area contributed by atoms with E-state index in [0.29, 0.717) is 12.3 Å². The van der Waals surface area contributed by atoms with Gasteiger partial charge in [-0.05, 0) is 19.3 Å². The van der Waals surface area contributed by atoms with Crippen molar-refractivity contribution in [3.8, 4) is 0 Å². The Kier molecular flexibility index (Phi) is 2.65. The van der Waals surface area contributed by atoms with Gasteiger partial charge in [0.2, 0.25) is 0 Å². The lowest BCUT2D eigenvalue weighted by molar-refractivity contribution is -0.139. The molecule has 0 spiro atoms. The summed E-state index contributed by atoms with van der Waals surface area (Å²) >= 11 is 0. The van der Waals surface area contributed by atoms with Crippen molar-refractivity contribution in [1.29, 1.82) is 0 Å². The van der Waals surface area contributed by atoms with Crippen LogP contribution in [0.3, 0.4) is 0 Å². The van der Waals surface area contributed by atoms with E-state index in [2.05, 4.69) is 0 Å². The van der Waals surface area contributed by atoms with Crippen molar-refractivity contribution in [2.24, 2.45) is 17.8 Å². The summed E-state index contributed by atoms with van der Waals surface area (Å²) in [6, 6.07) is 0. The van der Waals surface area contributed by atoms with Crippen molar-refractivity contribution in [3.05, 3.63) is 0 Å². The van der Waals surface area contributed by atoms with E-state index in [1.807, 2.05) is 13.8 Å². The highest BCUT2D eigenvalue weighted by molar-refractivity contribution is 6.05. The third-order valence-corrected chi connectivity index (χ3v) is 2.78. The zero-order chi connectivity index (χ0) is 9.30. The first-order chi connectivity index (χ1) is 5.54. The summed E-state index contributed by atoms with van der Waals surface area (Å²) in [4.78, 5) is 22.7. The molecule has 0 N–H and O–H groups in total. The zero-order valence-electron chi connectivity index (χ0n) is 7.96. The van der Waals surface area contributed by atoms with Crippen LogP contribution < -0.4 is 0 Å². The Labute approximate surface area is 73.3 Å². The van der Waals surface area contributed by atoms with Crippen LogP contribution in [0.5, 0.6) is 0 Å². The lowest BCUT2D eigenvalue weighted by Crippen LogP contribution is -2.35. The van der Waals surface area contributed by atoms with Gasteiger partial charge in [0.05, 0.1) is 5.92 Å². The maximum absolute atomic E-state index is 11.6. The average Bonchev–Trinajstić information content (AvgIpc) is 2.00. The molecule has 1 rings (SSSR count). The van der Waals surface area contributed by atoms with Gasteiger partial charge in [-0.1, -0.05) is 13.8 Å². The van der Waals surface area contributed by atoms with Crippen LogP contribution in [0, 0.1) is 17.8 Å². The average molecular weight is 168 g/mol. The van der Waals surface area contributed by atoms with Crippen molar-refractivity contribution < 1.29 is 9.59 Å². The first kappa shape index (κ1) is 9.43. The van der Waals surface area contributed by atoms with E-state index in [9.17, 15) is 9.59 Å². The molecule has 0 saturated heterocycles. The molecule has 0 amide bonds. The Morgan fingerprint density at radius 3 is 2.42 bits per heavy atom. The molecule has 2 unspecified atom stereocenters. The van der Waals surface area contributed by atoms with Gasteiger partial charge in [-0.3, -0.25) is 9.59 Å². The highest BCUT2D eigenvalue weighted by atomic mass is 16.2. The Hall–Kier alpha value is -0.660. The van der Waals surface area contributed by atoms with Crippen LogP contribution in [0.25, 0.3) is 0 Å². The second-order valence-corrected chi connectivity index (χ2v) is 3.98. The molecule has 2 nitrogen and oxygen atoms in total. The highest BCUT2D eigenvalue weighted by Gasteiger charge is 2.35. The van der Waals surface area contributed by atoms with Crippen LogP contribution in [0.1, 0.15) is 33.6 Å². The minimum Gasteiger partial charge on any atom is -0.299 e. The molecule has 1 aliphatic carbocycles. The Balaban J connectivity index is 2.72. The summed E-state index contributed by atoms with van der Waals surface area (Å²) in [6.45, 7) is 5.83. The normalized spacial score (nSPS) is 31.3. The number of carbonyl (C=O) groups is 2. The van der Waals surface area contributed by atoms with Gasteiger partial charge in [-0.25, -0.2) is 0 Å². The highest BCUT2D eigenvalue weighted by Crippen LogP contribution is 2.28. The number of Topliss-reactive ketones (excluding diaryl/α,β-unsaturated/α-hetero) is 2. The topological polar surface area (TPSA) is 34.1 Å². The monoisotopic (exact) mass is 168 g/mol. The molecule has 0 aromatic carbocycles. The van der Waals surface area contributed by atoms with Crippen molar-refractivity contribution >= 4 is 11.6 Å².